The lowest BCUT2D eigenvalue weighted by Gasteiger charge is -2.14. The highest BCUT2D eigenvalue weighted by molar-refractivity contribution is 5.82. The molecule has 0 saturated heterocycles. The molecule has 0 amide bonds. The van der Waals surface area contributed by atoms with Gasteiger partial charge in [-0.15, -0.1) is 0 Å². The number of nitrogens with two attached hydrogens (primary N) is 1. The number of aromatic amines is 1. The van der Waals surface area contributed by atoms with Crippen molar-refractivity contribution in [2.75, 3.05) is 20.0 Å². The second-order valence-corrected chi connectivity index (χ2v) is 5.56. The SMILES string of the molecule is COc1cccc(OC)c1-c1cc(-c2cc(C)c[nH]2)c(C#N)c(N)n1. The summed E-state index contributed by atoms with van der Waals surface area (Å²) in [4.78, 5) is 7.57. The fraction of sp³-hybridized carbons (Fsp3) is 0.158. The molecule has 25 heavy (non-hydrogen) atoms. The molecule has 126 valence electrons. The molecule has 0 aliphatic carbocycles. The van der Waals surface area contributed by atoms with Crippen molar-refractivity contribution in [3.63, 3.8) is 0 Å². The van der Waals surface area contributed by atoms with Gasteiger partial charge in [0.2, 0.25) is 0 Å². The van der Waals surface area contributed by atoms with Gasteiger partial charge in [0.15, 0.2) is 0 Å². The van der Waals surface area contributed by atoms with Gasteiger partial charge in [-0.05, 0) is 36.8 Å². The number of pyridine rings is 1. The second kappa shape index (κ2) is 6.57. The average Bonchev–Trinajstić information content (AvgIpc) is 3.06. The lowest BCUT2D eigenvalue weighted by Crippen LogP contribution is -2.01. The third-order valence-corrected chi connectivity index (χ3v) is 3.96. The van der Waals surface area contributed by atoms with E-state index in [0.717, 1.165) is 11.3 Å². The van der Waals surface area contributed by atoms with Gasteiger partial charge in [0.25, 0.3) is 0 Å². The Balaban J connectivity index is 2.30. The van der Waals surface area contributed by atoms with E-state index in [2.05, 4.69) is 16.0 Å². The first kappa shape index (κ1) is 16.4. The summed E-state index contributed by atoms with van der Waals surface area (Å²) < 4.78 is 10.9. The molecule has 0 atom stereocenters. The van der Waals surface area contributed by atoms with Gasteiger partial charge in [0, 0.05) is 17.5 Å². The smallest absolute Gasteiger partial charge is 0.142 e. The fourth-order valence-corrected chi connectivity index (χ4v) is 2.78. The van der Waals surface area contributed by atoms with Crippen molar-refractivity contribution in [1.29, 1.82) is 5.26 Å². The van der Waals surface area contributed by atoms with E-state index in [1.165, 1.54) is 0 Å². The molecule has 2 aromatic heterocycles. The van der Waals surface area contributed by atoms with Gasteiger partial charge >= 0.3 is 0 Å². The van der Waals surface area contributed by atoms with E-state index < -0.39 is 0 Å². The first-order valence-electron chi connectivity index (χ1n) is 7.66. The molecule has 2 heterocycles. The summed E-state index contributed by atoms with van der Waals surface area (Å²) in [6, 6.07) is 11.4. The number of nitrogens with one attached hydrogen (secondary N) is 1. The maximum Gasteiger partial charge on any atom is 0.142 e. The number of H-pyrrole nitrogens is 1. The predicted molar refractivity (Wildman–Crippen MR) is 96.4 cm³/mol. The van der Waals surface area contributed by atoms with Crippen LogP contribution in [-0.4, -0.2) is 24.2 Å². The van der Waals surface area contributed by atoms with Crippen LogP contribution in [0.3, 0.4) is 0 Å². The van der Waals surface area contributed by atoms with Gasteiger partial charge in [-0.25, -0.2) is 4.98 Å². The minimum absolute atomic E-state index is 0.162. The molecule has 1 aromatic carbocycles. The van der Waals surface area contributed by atoms with Gasteiger partial charge < -0.3 is 20.2 Å². The molecule has 3 aromatic rings. The molecule has 0 fully saturated rings. The largest absolute Gasteiger partial charge is 0.496 e. The lowest BCUT2D eigenvalue weighted by atomic mass is 10.0. The quantitative estimate of drug-likeness (QED) is 0.761. The molecule has 6 heteroatoms. The first-order valence-corrected chi connectivity index (χ1v) is 7.66. The van der Waals surface area contributed by atoms with Crippen molar-refractivity contribution in [2.45, 2.75) is 6.92 Å². The first-order chi connectivity index (χ1) is 12.1. The van der Waals surface area contributed by atoms with Gasteiger partial charge in [0.1, 0.15) is 28.9 Å². The predicted octanol–water partition coefficient (Wildman–Crippen LogP) is 3.52. The van der Waals surface area contributed by atoms with Crippen molar-refractivity contribution in [2.24, 2.45) is 0 Å². The minimum atomic E-state index is 0.162. The molecule has 0 aliphatic rings. The number of methoxy groups -OCH3 is 2. The number of rotatable bonds is 4. The zero-order chi connectivity index (χ0) is 18.0. The number of hydrogen-bond acceptors (Lipinski definition) is 5. The molecule has 3 rings (SSSR count). The van der Waals surface area contributed by atoms with Crippen molar-refractivity contribution < 1.29 is 9.47 Å². The number of nitrogens with zero attached hydrogens (tertiary/aromatic N) is 2. The lowest BCUT2D eigenvalue weighted by molar-refractivity contribution is 0.397. The summed E-state index contributed by atoms with van der Waals surface area (Å²) in [5.41, 5.74) is 10.2. The third kappa shape index (κ3) is 2.88. The Morgan fingerprint density at radius 2 is 1.84 bits per heavy atom. The fourth-order valence-electron chi connectivity index (χ4n) is 2.78. The van der Waals surface area contributed by atoms with E-state index in [1.807, 2.05) is 43.5 Å². The number of aryl methyl sites for hydroxylation is 1. The summed E-state index contributed by atoms with van der Waals surface area (Å²) in [5.74, 6) is 1.39. The van der Waals surface area contributed by atoms with Crippen molar-refractivity contribution in [1.82, 2.24) is 9.97 Å². The molecule has 0 radical (unpaired) electrons. The highest BCUT2D eigenvalue weighted by Crippen LogP contribution is 2.40. The monoisotopic (exact) mass is 334 g/mol. The summed E-state index contributed by atoms with van der Waals surface area (Å²) >= 11 is 0. The Bertz CT molecular complexity index is 948. The Morgan fingerprint density at radius 3 is 2.36 bits per heavy atom. The van der Waals surface area contributed by atoms with Crippen molar-refractivity contribution >= 4 is 5.82 Å². The molecule has 6 nitrogen and oxygen atoms in total. The number of nitriles is 1. The molecule has 0 spiro atoms. The topological polar surface area (TPSA) is 97.0 Å². The molecular formula is C19H18N4O2. The Kier molecular flexibility index (Phi) is 4.31. The number of benzene rings is 1. The van der Waals surface area contributed by atoms with E-state index in [9.17, 15) is 5.26 Å². The summed E-state index contributed by atoms with van der Waals surface area (Å²) in [5, 5.41) is 9.50. The Labute approximate surface area is 145 Å². The van der Waals surface area contributed by atoms with Crippen LogP contribution in [0.4, 0.5) is 5.82 Å². The standard InChI is InChI=1S/C19H18N4O2/c1-11-7-14(22-10-11)12-8-15(23-19(21)13(12)9-20)18-16(24-2)5-4-6-17(18)25-3/h4-8,10,22H,1-3H3,(H2,21,23). The van der Waals surface area contributed by atoms with Gasteiger partial charge in [0.05, 0.1) is 25.5 Å². The van der Waals surface area contributed by atoms with Crippen LogP contribution in [0.25, 0.3) is 22.5 Å². The van der Waals surface area contributed by atoms with E-state index in [-0.39, 0.29) is 5.82 Å². The van der Waals surface area contributed by atoms with Crippen LogP contribution in [0.15, 0.2) is 36.5 Å². The van der Waals surface area contributed by atoms with Crippen LogP contribution in [0.1, 0.15) is 11.1 Å². The third-order valence-electron chi connectivity index (χ3n) is 3.96. The van der Waals surface area contributed by atoms with Crippen molar-refractivity contribution in [3.05, 3.63) is 47.7 Å². The van der Waals surface area contributed by atoms with Crippen LogP contribution < -0.4 is 15.2 Å². The van der Waals surface area contributed by atoms with Gasteiger partial charge in [-0.2, -0.15) is 5.26 Å². The van der Waals surface area contributed by atoms with E-state index in [0.29, 0.717) is 33.9 Å². The zero-order valence-corrected chi connectivity index (χ0v) is 14.3. The summed E-state index contributed by atoms with van der Waals surface area (Å²) in [6.45, 7) is 1.97. The zero-order valence-electron chi connectivity index (χ0n) is 14.3. The van der Waals surface area contributed by atoms with Crippen LogP contribution in [0.5, 0.6) is 11.5 Å². The summed E-state index contributed by atoms with van der Waals surface area (Å²) in [6.07, 6.45) is 1.87. The maximum atomic E-state index is 9.50. The Morgan fingerprint density at radius 1 is 1.16 bits per heavy atom. The molecule has 3 N–H and O–H groups in total. The van der Waals surface area contributed by atoms with Crippen LogP contribution in [0, 0.1) is 18.3 Å². The second-order valence-electron chi connectivity index (χ2n) is 5.56. The number of ether oxygens (including phenoxy) is 2. The van der Waals surface area contributed by atoms with Crippen LogP contribution in [0.2, 0.25) is 0 Å². The number of aromatic nitrogens is 2. The molecule has 0 aliphatic heterocycles. The highest BCUT2D eigenvalue weighted by atomic mass is 16.5. The molecule has 0 unspecified atom stereocenters. The average molecular weight is 334 g/mol. The van der Waals surface area contributed by atoms with E-state index in [4.69, 9.17) is 15.2 Å². The molecule has 0 bridgehead atoms. The van der Waals surface area contributed by atoms with E-state index in [1.54, 1.807) is 14.2 Å². The number of hydrogen-bond donors (Lipinski definition) is 2. The maximum absolute atomic E-state index is 9.50. The number of anilines is 1. The molecular weight excluding hydrogens is 316 g/mol. The minimum Gasteiger partial charge on any atom is -0.496 e. The van der Waals surface area contributed by atoms with Crippen molar-refractivity contribution in [3.8, 4) is 40.1 Å². The highest BCUT2D eigenvalue weighted by Gasteiger charge is 2.19. The Hall–Kier alpha value is -3.46. The van der Waals surface area contributed by atoms with Crippen LogP contribution >= 0.6 is 0 Å². The summed E-state index contributed by atoms with van der Waals surface area (Å²) in [7, 11) is 3.17. The van der Waals surface area contributed by atoms with E-state index >= 15 is 0 Å². The van der Waals surface area contributed by atoms with Crippen LogP contribution in [-0.2, 0) is 0 Å². The normalized spacial score (nSPS) is 10.3. The van der Waals surface area contributed by atoms with Gasteiger partial charge in [-0.3, -0.25) is 0 Å². The molecule has 0 saturated carbocycles. The van der Waals surface area contributed by atoms with Gasteiger partial charge in [-0.1, -0.05) is 6.07 Å². The number of nitrogen functional groups attached to an aromatic ring is 1.